The van der Waals surface area contributed by atoms with Gasteiger partial charge in [0.25, 0.3) is 0 Å². The topological polar surface area (TPSA) is 17.1 Å². The van der Waals surface area contributed by atoms with E-state index in [1.54, 1.807) is 0 Å². The average molecular weight is 236 g/mol. The Morgan fingerprint density at radius 2 is 1.72 bits per heavy atom. The number of ketones is 1. The van der Waals surface area contributed by atoms with E-state index < -0.39 is 0 Å². The van der Waals surface area contributed by atoms with E-state index in [-0.39, 0.29) is 5.92 Å². The van der Waals surface area contributed by atoms with Gasteiger partial charge in [-0.05, 0) is 36.5 Å². The molecule has 1 saturated carbocycles. The van der Waals surface area contributed by atoms with Crippen LogP contribution in [0.15, 0.2) is 48.5 Å². The third-order valence-corrected chi connectivity index (χ3v) is 3.63. The van der Waals surface area contributed by atoms with Crippen LogP contribution in [0, 0.1) is 12.8 Å². The quantitative estimate of drug-likeness (QED) is 0.728. The molecule has 3 rings (SSSR count). The Kier molecular flexibility index (Phi) is 2.75. The molecule has 0 amide bonds. The first kappa shape index (κ1) is 11.2. The molecule has 1 fully saturated rings. The molecule has 0 atom stereocenters. The number of carbonyl (C=O) groups excluding carboxylic acids is 1. The lowest BCUT2D eigenvalue weighted by atomic mass is 9.93. The van der Waals surface area contributed by atoms with Gasteiger partial charge in [0.05, 0.1) is 0 Å². The minimum Gasteiger partial charge on any atom is -0.294 e. The monoisotopic (exact) mass is 236 g/mol. The molecule has 0 saturated heterocycles. The van der Waals surface area contributed by atoms with Crippen LogP contribution in [0.4, 0.5) is 0 Å². The predicted molar refractivity (Wildman–Crippen MR) is 73.7 cm³/mol. The Morgan fingerprint density at radius 3 is 2.39 bits per heavy atom. The Morgan fingerprint density at radius 1 is 1.00 bits per heavy atom. The van der Waals surface area contributed by atoms with Crippen LogP contribution in [0.25, 0.3) is 11.1 Å². The van der Waals surface area contributed by atoms with Gasteiger partial charge in [-0.15, -0.1) is 0 Å². The van der Waals surface area contributed by atoms with Crippen molar-refractivity contribution in [3.63, 3.8) is 0 Å². The summed E-state index contributed by atoms with van der Waals surface area (Å²) in [6.07, 6.45) is 2.13. The average Bonchev–Trinajstić information content (AvgIpc) is 3.24. The van der Waals surface area contributed by atoms with Crippen LogP contribution in [0.1, 0.15) is 28.8 Å². The van der Waals surface area contributed by atoms with E-state index >= 15 is 0 Å². The van der Waals surface area contributed by atoms with Crippen LogP contribution in [0.5, 0.6) is 0 Å². The Labute approximate surface area is 107 Å². The maximum atomic E-state index is 12.2. The van der Waals surface area contributed by atoms with Crippen molar-refractivity contribution >= 4 is 5.78 Å². The van der Waals surface area contributed by atoms with Gasteiger partial charge in [0, 0.05) is 11.5 Å². The van der Waals surface area contributed by atoms with Crippen molar-refractivity contribution < 1.29 is 4.79 Å². The molecule has 2 aromatic rings. The summed E-state index contributed by atoms with van der Waals surface area (Å²) in [5.74, 6) is 0.611. The third kappa shape index (κ3) is 1.97. The number of hydrogen-bond donors (Lipinski definition) is 0. The minimum absolute atomic E-state index is 0.287. The Bertz CT molecular complexity index is 580. The zero-order chi connectivity index (χ0) is 12.5. The van der Waals surface area contributed by atoms with E-state index in [1.807, 2.05) is 30.3 Å². The summed E-state index contributed by atoms with van der Waals surface area (Å²) in [7, 11) is 0. The van der Waals surface area contributed by atoms with Crippen LogP contribution in [0.3, 0.4) is 0 Å². The van der Waals surface area contributed by atoms with Gasteiger partial charge in [-0.2, -0.15) is 0 Å². The van der Waals surface area contributed by atoms with Crippen molar-refractivity contribution in [3.05, 3.63) is 59.7 Å². The van der Waals surface area contributed by atoms with Gasteiger partial charge < -0.3 is 0 Å². The molecular formula is C17H16O. The molecule has 1 aliphatic carbocycles. The summed E-state index contributed by atoms with van der Waals surface area (Å²) in [6.45, 7) is 2.05. The normalized spacial score (nSPS) is 14.5. The fourth-order valence-electron chi connectivity index (χ4n) is 2.40. The zero-order valence-electron chi connectivity index (χ0n) is 10.5. The molecule has 0 aromatic heterocycles. The van der Waals surface area contributed by atoms with Crippen molar-refractivity contribution in [1.29, 1.82) is 0 Å². The highest BCUT2D eigenvalue weighted by molar-refractivity contribution is 6.01. The van der Waals surface area contributed by atoms with Crippen LogP contribution in [0.2, 0.25) is 0 Å². The molecule has 0 N–H and O–H groups in total. The molecule has 1 nitrogen and oxygen atoms in total. The number of Topliss-reactive ketones (excluding diaryl/α,β-unsaturated/α-hetero) is 1. The van der Waals surface area contributed by atoms with Gasteiger partial charge in [-0.3, -0.25) is 4.79 Å². The predicted octanol–water partition coefficient (Wildman–Crippen LogP) is 4.25. The molecule has 18 heavy (non-hydrogen) atoms. The second-order valence-electron chi connectivity index (χ2n) is 4.98. The van der Waals surface area contributed by atoms with Crippen molar-refractivity contribution in [2.24, 2.45) is 5.92 Å². The molecule has 0 heterocycles. The van der Waals surface area contributed by atoms with E-state index in [9.17, 15) is 4.79 Å². The lowest BCUT2D eigenvalue weighted by molar-refractivity contribution is 0.0967. The summed E-state index contributed by atoms with van der Waals surface area (Å²) in [6, 6.07) is 16.3. The first-order chi connectivity index (χ1) is 8.77. The summed E-state index contributed by atoms with van der Waals surface area (Å²) in [5.41, 5.74) is 4.36. The van der Waals surface area contributed by atoms with Gasteiger partial charge >= 0.3 is 0 Å². The number of carbonyl (C=O) groups is 1. The van der Waals surface area contributed by atoms with Gasteiger partial charge in [0.2, 0.25) is 0 Å². The van der Waals surface area contributed by atoms with E-state index in [2.05, 4.69) is 25.1 Å². The Balaban J connectivity index is 2.06. The molecule has 0 unspecified atom stereocenters. The molecule has 0 bridgehead atoms. The van der Waals surface area contributed by atoms with Crippen molar-refractivity contribution in [3.8, 4) is 11.1 Å². The molecule has 1 heteroatoms. The lowest BCUT2D eigenvalue weighted by Crippen LogP contribution is -2.04. The second kappa shape index (κ2) is 4.41. The molecule has 2 aromatic carbocycles. The summed E-state index contributed by atoms with van der Waals surface area (Å²) in [5, 5.41) is 0. The molecule has 0 aliphatic heterocycles. The van der Waals surface area contributed by atoms with Crippen LogP contribution < -0.4 is 0 Å². The van der Waals surface area contributed by atoms with Crippen LogP contribution in [-0.2, 0) is 0 Å². The lowest BCUT2D eigenvalue weighted by Gasteiger charge is -2.10. The standard InChI is InChI=1S/C17H16O/c1-12-15(13-6-3-2-4-7-13)8-5-9-16(12)17(18)14-10-11-14/h2-9,14H,10-11H2,1H3. The first-order valence-corrected chi connectivity index (χ1v) is 6.46. The zero-order valence-corrected chi connectivity index (χ0v) is 10.5. The van der Waals surface area contributed by atoms with Gasteiger partial charge in [-0.1, -0.05) is 48.5 Å². The van der Waals surface area contributed by atoms with Crippen molar-refractivity contribution in [2.75, 3.05) is 0 Å². The highest BCUT2D eigenvalue weighted by atomic mass is 16.1. The summed E-state index contributed by atoms with van der Waals surface area (Å²) < 4.78 is 0. The fraction of sp³-hybridized carbons (Fsp3) is 0.235. The van der Waals surface area contributed by atoms with E-state index in [1.165, 1.54) is 11.1 Å². The van der Waals surface area contributed by atoms with Gasteiger partial charge in [0.1, 0.15) is 0 Å². The maximum Gasteiger partial charge on any atom is 0.166 e. The molecule has 90 valence electrons. The van der Waals surface area contributed by atoms with E-state index in [4.69, 9.17) is 0 Å². The summed E-state index contributed by atoms with van der Waals surface area (Å²) in [4.78, 5) is 12.2. The molecule has 0 spiro atoms. The Hall–Kier alpha value is -1.89. The maximum absolute atomic E-state index is 12.2. The second-order valence-corrected chi connectivity index (χ2v) is 4.98. The highest BCUT2D eigenvalue weighted by Crippen LogP contribution is 2.35. The highest BCUT2D eigenvalue weighted by Gasteiger charge is 2.31. The van der Waals surface area contributed by atoms with Crippen molar-refractivity contribution in [2.45, 2.75) is 19.8 Å². The minimum atomic E-state index is 0.287. The molecular weight excluding hydrogens is 220 g/mol. The first-order valence-electron chi connectivity index (χ1n) is 6.46. The van der Waals surface area contributed by atoms with Crippen LogP contribution >= 0.6 is 0 Å². The van der Waals surface area contributed by atoms with Crippen LogP contribution in [-0.4, -0.2) is 5.78 Å². The SMILES string of the molecule is Cc1c(C(=O)C2CC2)cccc1-c1ccccc1. The number of rotatable bonds is 3. The van der Waals surface area contributed by atoms with E-state index in [0.29, 0.717) is 5.78 Å². The van der Waals surface area contributed by atoms with E-state index in [0.717, 1.165) is 24.0 Å². The third-order valence-electron chi connectivity index (χ3n) is 3.63. The van der Waals surface area contributed by atoms with Gasteiger partial charge in [0.15, 0.2) is 5.78 Å². The molecule has 1 aliphatic rings. The molecule has 0 radical (unpaired) electrons. The largest absolute Gasteiger partial charge is 0.294 e. The fourth-order valence-corrected chi connectivity index (χ4v) is 2.40. The van der Waals surface area contributed by atoms with Crippen molar-refractivity contribution in [1.82, 2.24) is 0 Å². The number of hydrogen-bond acceptors (Lipinski definition) is 1. The van der Waals surface area contributed by atoms with Gasteiger partial charge in [-0.25, -0.2) is 0 Å². The smallest absolute Gasteiger partial charge is 0.166 e. The summed E-state index contributed by atoms with van der Waals surface area (Å²) >= 11 is 0. The number of benzene rings is 2.